The first kappa shape index (κ1) is 9.68. The van der Waals surface area contributed by atoms with Crippen molar-refractivity contribution in [1.29, 1.82) is 0 Å². The van der Waals surface area contributed by atoms with E-state index >= 15 is 0 Å². The predicted molar refractivity (Wildman–Crippen MR) is 59.4 cm³/mol. The molecule has 0 aromatic carbocycles. The van der Waals surface area contributed by atoms with Crippen LogP contribution < -0.4 is 5.73 Å². The first-order valence-corrected chi connectivity index (χ1v) is 5.24. The van der Waals surface area contributed by atoms with Crippen molar-refractivity contribution in [1.82, 2.24) is 4.57 Å². The Morgan fingerprint density at radius 2 is 2.21 bits per heavy atom. The van der Waals surface area contributed by atoms with Crippen molar-refractivity contribution in [2.45, 2.75) is 18.9 Å². The Labute approximate surface area is 88.8 Å². The van der Waals surface area contributed by atoms with Gasteiger partial charge in [0.25, 0.3) is 0 Å². The molecule has 0 amide bonds. The first-order chi connectivity index (χ1) is 6.79. The molecule has 1 fully saturated rings. The molecule has 2 rings (SSSR count). The van der Waals surface area contributed by atoms with Crippen LogP contribution in [0.25, 0.3) is 0 Å². The van der Waals surface area contributed by atoms with Gasteiger partial charge in [0.05, 0.1) is 5.69 Å². The fourth-order valence-corrected chi connectivity index (χ4v) is 2.06. The van der Waals surface area contributed by atoms with Crippen LogP contribution in [0.3, 0.4) is 0 Å². The third-order valence-electron chi connectivity index (χ3n) is 2.62. The van der Waals surface area contributed by atoms with E-state index in [1.54, 1.807) is 0 Å². The molecule has 1 aliphatic heterocycles. The van der Waals surface area contributed by atoms with Gasteiger partial charge in [-0.25, -0.2) is 0 Å². The first-order valence-electron chi connectivity index (χ1n) is 4.83. The lowest BCUT2D eigenvalue weighted by atomic mass is 10.1. The Morgan fingerprint density at radius 3 is 2.86 bits per heavy atom. The van der Waals surface area contributed by atoms with Crippen molar-refractivity contribution in [3.05, 3.63) is 24.0 Å². The van der Waals surface area contributed by atoms with E-state index in [1.165, 1.54) is 0 Å². The SMILES string of the molecule is NC(=S)c1cccn1C1CCOCC1. The van der Waals surface area contributed by atoms with Crippen LogP contribution in [0.4, 0.5) is 0 Å². The van der Waals surface area contributed by atoms with Gasteiger partial charge in [0.2, 0.25) is 0 Å². The standard InChI is InChI=1S/C10H14N2OS/c11-10(14)9-2-1-5-12(9)8-3-6-13-7-4-8/h1-2,5,8H,3-4,6-7H2,(H2,11,14). The number of nitrogens with zero attached hydrogens (tertiary/aromatic N) is 1. The van der Waals surface area contributed by atoms with Crippen LogP contribution in [0.2, 0.25) is 0 Å². The van der Waals surface area contributed by atoms with E-state index in [0.29, 0.717) is 11.0 Å². The molecule has 1 aromatic rings. The summed E-state index contributed by atoms with van der Waals surface area (Å²) in [7, 11) is 0. The fraction of sp³-hybridized carbons (Fsp3) is 0.500. The molecule has 1 aliphatic rings. The van der Waals surface area contributed by atoms with Gasteiger partial charge in [-0.05, 0) is 25.0 Å². The van der Waals surface area contributed by atoms with Crippen LogP contribution in [0.5, 0.6) is 0 Å². The summed E-state index contributed by atoms with van der Waals surface area (Å²) in [6, 6.07) is 4.46. The minimum absolute atomic E-state index is 0.474. The fourth-order valence-electron chi connectivity index (χ4n) is 1.88. The number of aromatic nitrogens is 1. The van der Waals surface area contributed by atoms with Crippen molar-refractivity contribution >= 4 is 17.2 Å². The molecule has 1 saturated heterocycles. The number of rotatable bonds is 2. The molecule has 76 valence electrons. The van der Waals surface area contributed by atoms with Gasteiger partial charge < -0.3 is 15.0 Å². The molecular formula is C10H14N2OS. The number of hydrogen-bond acceptors (Lipinski definition) is 2. The summed E-state index contributed by atoms with van der Waals surface area (Å²) >= 11 is 5.00. The van der Waals surface area contributed by atoms with E-state index in [-0.39, 0.29) is 0 Å². The minimum Gasteiger partial charge on any atom is -0.388 e. The Balaban J connectivity index is 2.21. The molecule has 0 saturated carbocycles. The number of nitrogens with two attached hydrogens (primary N) is 1. The second-order valence-electron chi connectivity index (χ2n) is 3.51. The molecule has 0 spiro atoms. The zero-order valence-corrected chi connectivity index (χ0v) is 8.80. The molecular weight excluding hydrogens is 196 g/mol. The van der Waals surface area contributed by atoms with Gasteiger partial charge in [0.15, 0.2) is 0 Å². The molecule has 1 aromatic heterocycles. The Kier molecular flexibility index (Phi) is 2.84. The zero-order chi connectivity index (χ0) is 9.97. The minimum atomic E-state index is 0.474. The van der Waals surface area contributed by atoms with Crippen molar-refractivity contribution in [2.24, 2.45) is 5.73 Å². The Morgan fingerprint density at radius 1 is 1.50 bits per heavy atom. The highest BCUT2D eigenvalue weighted by Gasteiger charge is 2.17. The molecule has 0 bridgehead atoms. The highest BCUT2D eigenvalue weighted by Crippen LogP contribution is 2.22. The number of ether oxygens (including phenoxy) is 1. The lowest BCUT2D eigenvalue weighted by molar-refractivity contribution is 0.0696. The predicted octanol–water partition coefficient (Wildman–Crippen LogP) is 1.47. The van der Waals surface area contributed by atoms with E-state index in [4.69, 9.17) is 22.7 Å². The smallest absolute Gasteiger partial charge is 0.120 e. The van der Waals surface area contributed by atoms with Crippen molar-refractivity contribution in [3.8, 4) is 0 Å². The second-order valence-corrected chi connectivity index (χ2v) is 3.95. The maximum Gasteiger partial charge on any atom is 0.120 e. The zero-order valence-electron chi connectivity index (χ0n) is 7.98. The average Bonchev–Trinajstić information content (AvgIpc) is 2.67. The molecule has 0 aliphatic carbocycles. The molecule has 0 radical (unpaired) electrons. The van der Waals surface area contributed by atoms with Crippen LogP contribution in [0.15, 0.2) is 18.3 Å². The van der Waals surface area contributed by atoms with Gasteiger partial charge in [-0.15, -0.1) is 0 Å². The highest BCUT2D eigenvalue weighted by molar-refractivity contribution is 7.80. The maximum atomic E-state index is 5.65. The van der Waals surface area contributed by atoms with Crippen LogP contribution in [0.1, 0.15) is 24.6 Å². The van der Waals surface area contributed by atoms with E-state index < -0.39 is 0 Å². The number of hydrogen-bond donors (Lipinski definition) is 1. The van der Waals surface area contributed by atoms with Crippen molar-refractivity contribution < 1.29 is 4.74 Å². The second kappa shape index (κ2) is 4.11. The van der Waals surface area contributed by atoms with Crippen molar-refractivity contribution in [2.75, 3.05) is 13.2 Å². The number of thiocarbonyl (C=S) groups is 1. The van der Waals surface area contributed by atoms with E-state index in [2.05, 4.69) is 4.57 Å². The van der Waals surface area contributed by atoms with Gasteiger partial charge in [0, 0.05) is 25.5 Å². The molecule has 0 atom stereocenters. The summed E-state index contributed by atoms with van der Waals surface area (Å²) in [5.74, 6) is 0. The van der Waals surface area contributed by atoms with Gasteiger partial charge in [-0.2, -0.15) is 0 Å². The monoisotopic (exact) mass is 210 g/mol. The van der Waals surface area contributed by atoms with Gasteiger partial charge >= 0.3 is 0 Å². The summed E-state index contributed by atoms with van der Waals surface area (Å²) in [4.78, 5) is 0.474. The third kappa shape index (κ3) is 1.81. The summed E-state index contributed by atoms with van der Waals surface area (Å²) < 4.78 is 7.49. The largest absolute Gasteiger partial charge is 0.388 e. The Hall–Kier alpha value is -0.870. The average molecular weight is 210 g/mol. The topological polar surface area (TPSA) is 40.2 Å². The van der Waals surface area contributed by atoms with Gasteiger partial charge in [-0.1, -0.05) is 12.2 Å². The van der Waals surface area contributed by atoms with E-state index in [9.17, 15) is 0 Å². The lowest BCUT2D eigenvalue weighted by Gasteiger charge is -2.25. The summed E-state index contributed by atoms with van der Waals surface area (Å²) in [6.07, 6.45) is 4.14. The van der Waals surface area contributed by atoms with Gasteiger partial charge in [0.1, 0.15) is 4.99 Å². The molecule has 4 heteroatoms. The maximum absolute atomic E-state index is 5.65. The molecule has 2 N–H and O–H groups in total. The van der Waals surface area contributed by atoms with Crippen LogP contribution in [0, 0.1) is 0 Å². The van der Waals surface area contributed by atoms with E-state index in [1.807, 2.05) is 18.3 Å². The summed E-state index contributed by atoms with van der Waals surface area (Å²) in [5.41, 5.74) is 6.61. The third-order valence-corrected chi connectivity index (χ3v) is 2.82. The van der Waals surface area contributed by atoms with Crippen molar-refractivity contribution in [3.63, 3.8) is 0 Å². The molecule has 3 nitrogen and oxygen atoms in total. The molecule has 14 heavy (non-hydrogen) atoms. The van der Waals surface area contributed by atoms with Crippen LogP contribution in [-0.2, 0) is 4.74 Å². The quantitative estimate of drug-likeness (QED) is 0.751. The highest BCUT2D eigenvalue weighted by atomic mass is 32.1. The summed E-state index contributed by atoms with van der Waals surface area (Å²) in [6.45, 7) is 1.67. The summed E-state index contributed by atoms with van der Waals surface area (Å²) in [5, 5.41) is 0. The molecule has 0 unspecified atom stereocenters. The molecule has 2 heterocycles. The normalized spacial score (nSPS) is 18.3. The van der Waals surface area contributed by atoms with Crippen LogP contribution >= 0.6 is 12.2 Å². The lowest BCUT2D eigenvalue weighted by Crippen LogP contribution is -2.23. The Bertz CT molecular complexity index is 329. The van der Waals surface area contributed by atoms with E-state index in [0.717, 1.165) is 31.7 Å². The van der Waals surface area contributed by atoms with Gasteiger partial charge in [-0.3, -0.25) is 0 Å². The van der Waals surface area contributed by atoms with Crippen LogP contribution in [-0.4, -0.2) is 22.8 Å².